The number of benzene rings is 2. The summed E-state index contributed by atoms with van der Waals surface area (Å²) in [4.78, 5) is 33.3. The molecular formula is C32H33F3N6O2. The van der Waals surface area contributed by atoms with Crippen LogP contribution in [0.15, 0.2) is 54.7 Å². The largest absolute Gasteiger partial charge is 0.416 e. The summed E-state index contributed by atoms with van der Waals surface area (Å²) in [7, 11) is 1.99. The maximum Gasteiger partial charge on any atom is 0.416 e. The van der Waals surface area contributed by atoms with Crippen LogP contribution in [0.5, 0.6) is 0 Å². The van der Waals surface area contributed by atoms with Crippen LogP contribution >= 0.6 is 0 Å². The molecule has 0 unspecified atom stereocenters. The Hall–Kier alpha value is -4.40. The summed E-state index contributed by atoms with van der Waals surface area (Å²) in [5.41, 5.74) is 1.80. The standard InChI is InChI=1S/C32H33F3N6O2/c1-21-3-6-24(17-23(21)7-4-22-5-12-29(36-19-22)39-31(43)38-26-10-11-26)30(42)37-27-9-8-25(28(18-27)32(33,34)35)20-41-15-13-40(2)14-16-41/h3,5-6,8-9,12,17-19,26H,10-11,13-16,20H2,1-2H3,(H,37,42)(H2,36,38,39,43). The average molecular weight is 591 g/mol. The molecule has 3 N–H and O–H groups in total. The van der Waals surface area contributed by atoms with Crippen molar-refractivity contribution >= 4 is 23.4 Å². The number of alkyl halides is 3. The molecule has 0 atom stereocenters. The maximum atomic E-state index is 14.0. The molecule has 2 fully saturated rings. The molecule has 2 aromatic carbocycles. The summed E-state index contributed by atoms with van der Waals surface area (Å²) in [6.07, 6.45) is -1.04. The molecule has 1 aliphatic carbocycles. The Labute approximate surface area is 248 Å². The second-order valence-electron chi connectivity index (χ2n) is 11.0. The number of aryl methyl sites for hydroxylation is 1. The number of hydrogen-bond donors (Lipinski definition) is 3. The van der Waals surface area contributed by atoms with E-state index < -0.39 is 17.6 Å². The van der Waals surface area contributed by atoms with Crippen molar-refractivity contribution in [2.75, 3.05) is 43.9 Å². The molecule has 3 aromatic rings. The Morgan fingerprint density at radius 3 is 2.42 bits per heavy atom. The van der Waals surface area contributed by atoms with Crippen molar-refractivity contribution in [1.29, 1.82) is 0 Å². The molecule has 1 saturated heterocycles. The third-order valence-corrected chi connectivity index (χ3v) is 7.42. The van der Waals surface area contributed by atoms with Crippen LogP contribution in [0.2, 0.25) is 0 Å². The number of likely N-dealkylation sites (N-methyl/N-ethyl adjacent to an activating group) is 1. The van der Waals surface area contributed by atoms with Crippen molar-refractivity contribution in [3.05, 3.63) is 88.1 Å². The van der Waals surface area contributed by atoms with Crippen molar-refractivity contribution < 1.29 is 22.8 Å². The quantitative estimate of drug-likeness (QED) is 0.348. The van der Waals surface area contributed by atoms with Crippen LogP contribution in [0.1, 0.15) is 51.0 Å². The number of nitrogens with zero attached hydrogens (tertiary/aromatic N) is 3. The van der Waals surface area contributed by atoms with Crippen LogP contribution in [0.3, 0.4) is 0 Å². The highest BCUT2D eigenvalue weighted by Gasteiger charge is 2.34. The van der Waals surface area contributed by atoms with Gasteiger partial charge in [0, 0.05) is 67.3 Å². The fraction of sp³-hybridized carbons (Fsp3) is 0.344. The number of carbonyl (C=O) groups excluding carboxylic acids is 2. The highest BCUT2D eigenvalue weighted by molar-refractivity contribution is 6.04. The molecule has 1 aliphatic heterocycles. The zero-order chi connectivity index (χ0) is 30.6. The van der Waals surface area contributed by atoms with Gasteiger partial charge in [-0.1, -0.05) is 24.0 Å². The van der Waals surface area contributed by atoms with Crippen LogP contribution in [0.25, 0.3) is 0 Å². The normalized spacial score (nSPS) is 15.7. The lowest BCUT2D eigenvalue weighted by Gasteiger charge is -2.33. The number of hydrogen-bond acceptors (Lipinski definition) is 5. The Morgan fingerprint density at radius 2 is 1.74 bits per heavy atom. The molecule has 5 rings (SSSR count). The summed E-state index contributed by atoms with van der Waals surface area (Å²) in [6, 6.07) is 12.2. The Bertz CT molecular complexity index is 1550. The first kappa shape index (κ1) is 30.1. The van der Waals surface area contributed by atoms with E-state index in [1.807, 2.05) is 18.9 Å². The van der Waals surface area contributed by atoms with Gasteiger partial charge < -0.3 is 15.5 Å². The van der Waals surface area contributed by atoms with Crippen LogP contribution in [0, 0.1) is 18.8 Å². The van der Waals surface area contributed by atoms with E-state index in [4.69, 9.17) is 0 Å². The van der Waals surface area contributed by atoms with E-state index in [0.717, 1.165) is 37.6 Å². The topological polar surface area (TPSA) is 89.6 Å². The van der Waals surface area contributed by atoms with Crippen LogP contribution in [-0.2, 0) is 12.7 Å². The number of halogens is 3. The lowest BCUT2D eigenvalue weighted by Crippen LogP contribution is -2.44. The zero-order valence-corrected chi connectivity index (χ0v) is 24.0. The highest BCUT2D eigenvalue weighted by atomic mass is 19.4. The highest BCUT2D eigenvalue weighted by Crippen LogP contribution is 2.35. The monoisotopic (exact) mass is 590 g/mol. The molecule has 0 radical (unpaired) electrons. The predicted molar refractivity (Wildman–Crippen MR) is 159 cm³/mol. The molecule has 0 spiro atoms. The molecule has 11 heteroatoms. The summed E-state index contributed by atoms with van der Waals surface area (Å²) < 4.78 is 41.9. The second kappa shape index (κ2) is 12.9. The number of aromatic nitrogens is 1. The minimum atomic E-state index is -4.55. The minimum Gasteiger partial charge on any atom is -0.335 e. The molecule has 1 aromatic heterocycles. The summed E-state index contributed by atoms with van der Waals surface area (Å²) in [5, 5.41) is 8.11. The Kier molecular flexibility index (Phi) is 8.99. The van der Waals surface area contributed by atoms with Gasteiger partial charge in [0.15, 0.2) is 0 Å². The van der Waals surface area contributed by atoms with Gasteiger partial charge in [-0.15, -0.1) is 0 Å². The van der Waals surface area contributed by atoms with E-state index in [2.05, 4.69) is 37.7 Å². The molecule has 3 amide bonds. The van der Waals surface area contributed by atoms with Gasteiger partial charge in [-0.3, -0.25) is 15.0 Å². The lowest BCUT2D eigenvalue weighted by atomic mass is 10.0. The Balaban J connectivity index is 1.26. The van der Waals surface area contributed by atoms with Gasteiger partial charge in [0.25, 0.3) is 5.91 Å². The second-order valence-corrected chi connectivity index (χ2v) is 11.0. The fourth-order valence-corrected chi connectivity index (χ4v) is 4.65. The first-order valence-electron chi connectivity index (χ1n) is 14.1. The molecular weight excluding hydrogens is 557 g/mol. The van der Waals surface area contributed by atoms with E-state index in [1.165, 1.54) is 18.3 Å². The van der Waals surface area contributed by atoms with E-state index in [1.54, 1.807) is 30.3 Å². The number of urea groups is 1. The summed E-state index contributed by atoms with van der Waals surface area (Å²) in [5.74, 6) is 5.90. The average Bonchev–Trinajstić information content (AvgIpc) is 3.78. The first-order valence-corrected chi connectivity index (χ1v) is 14.1. The molecule has 224 valence electrons. The third kappa shape index (κ3) is 8.34. The van der Waals surface area contributed by atoms with Crippen molar-refractivity contribution in [2.24, 2.45) is 0 Å². The molecule has 1 saturated carbocycles. The van der Waals surface area contributed by atoms with Gasteiger partial charge >= 0.3 is 12.2 Å². The van der Waals surface area contributed by atoms with Crippen molar-refractivity contribution in [3.63, 3.8) is 0 Å². The van der Waals surface area contributed by atoms with Gasteiger partial charge in [-0.2, -0.15) is 13.2 Å². The van der Waals surface area contributed by atoms with E-state index >= 15 is 0 Å². The summed E-state index contributed by atoms with van der Waals surface area (Å²) in [6.45, 7) is 5.05. The van der Waals surface area contributed by atoms with Gasteiger partial charge in [0.2, 0.25) is 0 Å². The van der Waals surface area contributed by atoms with Crippen LogP contribution < -0.4 is 16.0 Å². The number of piperazine rings is 1. The SMILES string of the molecule is Cc1ccc(C(=O)Nc2ccc(CN3CCN(C)CC3)c(C(F)(F)F)c2)cc1C#Cc1ccc(NC(=O)NC2CC2)nc1. The van der Waals surface area contributed by atoms with Gasteiger partial charge in [-0.25, -0.2) is 9.78 Å². The smallest absolute Gasteiger partial charge is 0.335 e. The Morgan fingerprint density at radius 1 is 0.977 bits per heavy atom. The minimum absolute atomic E-state index is 0.0678. The molecule has 2 aliphatic rings. The van der Waals surface area contributed by atoms with E-state index in [0.29, 0.717) is 30.0 Å². The zero-order valence-electron chi connectivity index (χ0n) is 24.0. The van der Waals surface area contributed by atoms with Gasteiger partial charge in [0.1, 0.15) is 5.82 Å². The molecule has 2 heterocycles. The van der Waals surface area contributed by atoms with Crippen LogP contribution in [0.4, 0.5) is 29.5 Å². The maximum absolute atomic E-state index is 14.0. The summed E-state index contributed by atoms with van der Waals surface area (Å²) >= 11 is 0. The molecule has 43 heavy (non-hydrogen) atoms. The molecule has 8 nitrogen and oxygen atoms in total. The van der Waals surface area contributed by atoms with Crippen LogP contribution in [-0.4, -0.2) is 66.0 Å². The van der Waals surface area contributed by atoms with Gasteiger partial charge in [-0.05, 0) is 74.3 Å². The number of nitrogens with one attached hydrogen (secondary N) is 3. The van der Waals surface area contributed by atoms with Crippen molar-refractivity contribution in [3.8, 4) is 11.8 Å². The number of rotatable bonds is 6. The van der Waals surface area contributed by atoms with E-state index in [9.17, 15) is 22.8 Å². The number of pyridine rings is 1. The molecule has 0 bridgehead atoms. The first-order chi connectivity index (χ1) is 20.5. The third-order valence-electron chi connectivity index (χ3n) is 7.42. The van der Waals surface area contributed by atoms with Crippen molar-refractivity contribution in [2.45, 2.75) is 38.5 Å². The number of amides is 3. The fourth-order valence-electron chi connectivity index (χ4n) is 4.65. The lowest BCUT2D eigenvalue weighted by molar-refractivity contribution is -0.138. The van der Waals surface area contributed by atoms with E-state index in [-0.39, 0.29) is 35.4 Å². The predicted octanol–water partition coefficient (Wildman–Crippen LogP) is 5.09. The van der Waals surface area contributed by atoms with Gasteiger partial charge in [0.05, 0.1) is 5.56 Å². The number of anilines is 2. The number of carbonyl (C=O) groups is 2. The van der Waals surface area contributed by atoms with Crippen molar-refractivity contribution in [1.82, 2.24) is 20.1 Å².